The van der Waals surface area contributed by atoms with Gasteiger partial charge in [-0.3, -0.25) is 4.79 Å². The first-order valence-corrected chi connectivity index (χ1v) is 5.46. The van der Waals surface area contributed by atoms with E-state index >= 15 is 0 Å². The summed E-state index contributed by atoms with van der Waals surface area (Å²) in [6.07, 6.45) is 10.6. The highest BCUT2D eigenvalue weighted by molar-refractivity contribution is 5.72. The van der Waals surface area contributed by atoms with Gasteiger partial charge in [0.25, 0.3) is 0 Å². The van der Waals surface area contributed by atoms with Gasteiger partial charge in [0.2, 0.25) is 0 Å². The average molecular weight is 217 g/mol. The average Bonchev–Trinajstić information content (AvgIpc) is 2.95. The second-order valence-electron chi connectivity index (χ2n) is 3.75. The van der Waals surface area contributed by atoms with Crippen LogP contribution in [0.1, 0.15) is 23.3 Å². The van der Waals surface area contributed by atoms with Crippen LogP contribution in [0.5, 0.6) is 0 Å². The molecule has 2 aromatic heterocycles. The van der Waals surface area contributed by atoms with Crippen LogP contribution in [-0.2, 0) is 13.1 Å². The van der Waals surface area contributed by atoms with Crippen LogP contribution in [0.15, 0.2) is 37.1 Å². The molecule has 0 aliphatic carbocycles. The molecule has 0 spiro atoms. The van der Waals surface area contributed by atoms with Gasteiger partial charge < -0.3 is 9.13 Å². The number of imidazole rings is 1. The van der Waals surface area contributed by atoms with E-state index in [0.717, 1.165) is 37.9 Å². The Labute approximate surface area is 94.5 Å². The van der Waals surface area contributed by atoms with Crippen LogP contribution in [0, 0.1) is 0 Å². The predicted octanol–water partition coefficient (Wildman–Crippen LogP) is 1.98. The molecule has 0 bridgehead atoms. The number of aromatic nitrogens is 3. The first kappa shape index (κ1) is 10.7. The number of hydrogen-bond acceptors (Lipinski definition) is 2. The fourth-order valence-electron chi connectivity index (χ4n) is 1.73. The van der Waals surface area contributed by atoms with E-state index < -0.39 is 0 Å². The van der Waals surface area contributed by atoms with Gasteiger partial charge in [-0.1, -0.05) is 0 Å². The zero-order valence-corrected chi connectivity index (χ0v) is 9.12. The van der Waals surface area contributed by atoms with Crippen LogP contribution in [0.4, 0.5) is 0 Å². The lowest BCUT2D eigenvalue weighted by atomic mass is 10.3. The second-order valence-corrected chi connectivity index (χ2v) is 3.75. The van der Waals surface area contributed by atoms with Crippen molar-refractivity contribution in [2.75, 3.05) is 0 Å². The standard InChI is InChI=1S/C12H15N3O/c16-10-12-4-3-8-15(12)7-2-1-6-14-9-5-13-11-14/h3-5,8-11H,1-2,6-7H2. The number of rotatable bonds is 6. The summed E-state index contributed by atoms with van der Waals surface area (Å²) in [5, 5.41) is 0. The summed E-state index contributed by atoms with van der Waals surface area (Å²) in [6.45, 7) is 1.88. The first-order valence-electron chi connectivity index (χ1n) is 5.46. The number of nitrogens with zero attached hydrogens (tertiary/aromatic N) is 3. The number of aldehydes is 1. The van der Waals surface area contributed by atoms with E-state index in [0.29, 0.717) is 0 Å². The quantitative estimate of drug-likeness (QED) is 0.548. The van der Waals surface area contributed by atoms with E-state index in [1.807, 2.05) is 35.4 Å². The van der Waals surface area contributed by atoms with E-state index in [-0.39, 0.29) is 0 Å². The fraction of sp³-hybridized carbons (Fsp3) is 0.333. The number of hydrogen-bond donors (Lipinski definition) is 0. The minimum atomic E-state index is 0.752. The Morgan fingerprint density at radius 2 is 2.12 bits per heavy atom. The van der Waals surface area contributed by atoms with Gasteiger partial charge in [-0.05, 0) is 25.0 Å². The molecule has 2 heterocycles. The van der Waals surface area contributed by atoms with Gasteiger partial charge in [-0.15, -0.1) is 0 Å². The summed E-state index contributed by atoms with van der Waals surface area (Å²) < 4.78 is 4.05. The molecule has 2 rings (SSSR count). The maximum atomic E-state index is 10.7. The van der Waals surface area contributed by atoms with Crippen LogP contribution in [0.2, 0.25) is 0 Å². The van der Waals surface area contributed by atoms with Gasteiger partial charge in [0.15, 0.2) is 6.29 Å². The SMILES string of the molecule is O=Cc1cccn1CCCCn1ccnc1. The Bertz CT molecular complexity index is 431. The lowest BCUT2D eigenvalue weighted by Gasteiger charge is -2.05. The Morgan fingerprint density at radius 3 is 2.88 bits per heavy atom. The van der Waals surface area contributed by atoms with Gasteiger partial charge in [0.1, 0.15) is 0 Å². The third kappa shape index (κ3) is 2.59. The van der Waals surface area contributed by atoms with Crippen LogP contribution in [0.3, 0.4) is 0 Å². The van der Waals surface area contributed by atoms with Crippen molar-refractivity contribution < 1.29 is 4.79 Å². The third-order valence-electron chi connectivity index (χ3n) is 2.61. The highest BCUT2D eigenvalue weighted by atomic mass is 16.1. The molecule has 0 unspecified atom stereocenters. The molecule has 4 nitrogen and oxygen atoms in total. The topological polar surface area (TPSA) is 39.8 Å². The Morgan fingerprint density at radius 1 is 1.25 bits per heavy atom. The molecule has 16 heavy (non-hydrogen) atoms. The van der Waals surface area contributed by atoms with E-state index in [4.69, 9.17) is 0 Å². The smallest absolute Gasteiger partial charge is 0.166 e. The summed E-state index contributed by atoms with van der Waals surface area (Å²) in [5.74, 6) is 0. The van der Waals surface area contributed by atoms with Gasteiger partial charge in [-0.25, -0.2) is 4.98 Å². The number of carbonyl (C=O) groups excluding carboxylic acids is 1. The molecule has 0 saturated carbocycles. The summed E-state index contributed by atoms with van der Waals surface area (Å²) in [6, 6.07) is 3.74. The number of unbranched alkanes of at least 4 members (excludes halogenated alkanes) is 1. The van der Waals surface area contributed by atoms with Crippen LogP contribution in [0.25, 0.3) is 0 Å². The summed E-state index contributed by atoms with van der Waals surface area (Å²) in [7, 11) is 0. The normalized spacial score (nSPS) is 10.5. The summed E-state index contributed by atoms with van der Waals surface area (Å²) in [4.78, 5) is 14.7. The van der Waals surface area contributed by atoms with Crippen LogP contribution < -0.4 is 0 Å². The van der Waals surface area contributed by atoms with E-state index in [1.165, 1.54) is 0 Å². The van der Waals surface area contributed by atoms with Gasteiger partial charge in [0, 0.05) is 31.7 Å². The molecule has 0 atom stereocenters. The van der Waals surface area contributed by atoms with Crippen molar-refractivity contribution in [1.29, 1.82) is 0 Å². The van der Waals surface area contributed by atoms with E-state index in [2.05, 4.69) is 9.55 Å². The lowest BCUT2D eigenvalue weighted by Crippen LogP contribution is -2.02. The molecular formula is C12H15N3O. The minimum absolute atomic E-state index is 0.752. The maximum absolute atomic E-state index is 10.7. The molecule has 0 aromatic carbocycles. The van der Waals surface area contributed by atoms with E-state index in [1.54, 1.807) is 6.20 Å². The molecule has 0 amide bonds. The molecule has 84 valence electrons. The molecule has 4 heteroatoms. The van der Waals surface area contributed by atoms with Crippen molar-refractivity contribution in [3.63, 3.8) is 0 Å². The maximum Gasteiger partial charge on any atom is 0.166 e. The Balaban J connectivity index is 1.74. The first-order chi connectivity index (χ1) is 7.90. The monoisotopic (exact) mass is 217 g/mol. The molecule has 0 fully saturated rings. The molecule has 0 N–H and O–H groups in total. The van der Waals surface area contributed by atoms with Crippen LogP contribution in [-0.4, -0.2) is 20.4 Å². The van der Waals surface area contributed by atoms with Crippen molar-refractivity contribution in [2.45, 2.75) is 25.9 Å². The lowest BCUT2D eigenvalue weighted by molar-refractivity contribution is 0.111. The largest absolute Gasteiger partial charge is 0.345 e. The van der Waals surface area contributed by atoms with Crippen molar-refractivity contribution in [3.8, 4) is 0 Å². The third-order valence-corrected chi connectivity index (χ3v) is 2.61. The zero-order chi connectivity index (χ0) is 11.2. The van der Waals surface area contributed by atoms with Gasteiger partial charge >= 0.3 is 0 Å². The van der Waals surface area contributed by atoms with Gasteiger partial charge in [0.05, 0.1) is 12.0 Å². The fourth-order valence-corrected chi connectivity index (χ4v) is 1.73. The van der Waals surface area contributed by atoms with Crippen molar-refractivity contribution in [2.24, 2.45) is 0 Å². The minimum Gasteiger partial charge on any atom is -0.345 e. The molecule has 0 saturated heterocycles. The van der Waals surface area contributed by atoms with Crippen LogP contribution >= 0.6 is 0 Å². The highest BCUT2D eigenvalue weighted by Gasteiger charge is 1.98. The summed E-state index contributed by atoms with van der Waals surface area (Å²) in [5.41, 5.74) is 0.752. The van der Waals surface area contributed by atoms with Crippen molar-refractivity contribution >= 4 is 6.29 Å². The van der Waals surface area contributed by atoms with Crippen molar-refractivity contribution in [1.82, 2.24) is 14.1 Å². The predicted molar refractivity (Wildman–Crippen MR) is 61.3 cm³/mol. The molecule has 0 aliphatic heterocycles. The Kier molecular flexibility index (Phi) is 3.53. The van der Waals surface area contributed by atoms with E-state index in [9.17, 15) is 4.79 Å². The number of carbonyl (C=O) groups is 1. The molecule has 0 radical (unpaired) electrons. The summed E-state index contributed by atoms with van der Waals surface area (Å²) >= 11 is 0. The van der Waals surface area contributed by atoms with Gasteiger partial charge in [-0.2, -0.15) is 0 Å². The van der Waals surface area contributed by atoms with Crippen molar-refractivity contribution in [3.05, 3.63) is 42.7 Å². The molecule has 0 aliphatic rings. The zero-order valence-electron chi connectivity index (χ0n) is 9.12. The molecule has 2 aromatic rings. The Hall–Kier alpha value is -1.84. The molecular weight excluding hydrogens is 202 g/mol. The second kappa shape index (κ2) is 5.30. The highest BCUT2D eigenvalue weighted by Crippen LogP contribution is 2.03. The number of aryl methyl sites for hydroxylation is 2.